The highest BCUT2D eigenvalue weighted by atomic mass is 19.1. The molecule has 0 amide bonds. The molecular formula is C29H35FN+. The van der Waals surface area contributed by atoms with Gasteiger partial charge < -0.3 is 0 Å². The van der Waals surface area contributed by atoms with Crippen molar-refractivity contribution in [2.75, 3.05) is 0 Å². The molecule has 1 nitrogen and oxygen atoms in total. The van der Waals surface area contributed by atoms with Crippen LogP contribution in [0.2, 0.25) is 0 Å². The Bertz CT molecular complexity index is 1060. The number of unbranched alkanes of at least 4 members (excludes halogenated alkanes) is 2. The van der Waals surface area contributed by atoms with Gasteiger partial charge in [0.25, 0.3) is 0 Å². The number of nitrogens with zero attached hydrogens (tertiary/aromatic N) is 1. The zero-order chi connectivity index (χ0) is 22.0. The van der Waals surface area contributed by atoms with Gasteiger partial charge in [0.05, 0.1) is 11.0 Å². The van der Waals surface area contributed by atoms with Crippen LogP contribution in [0.15, 0.2) is 60.8 Å². The van der Waals surface area contributed by atoms with E-state index in [1.807, 2.05) is 36.4 Å². The summed E-state index contributed by atoms with van der Waals surface area (Å²) in [4.78, 5) is 0. The maximum Gasteiger partial charge on any atom is 0.213 e. The van der Waals surface area contributed by atoms with Crippen LogP contribution in [0.3, 0.4) is 0 Å². The third kappa shape index (κ3) is 3.82. The lowest BCUT2D eigenvalue weighted by Gasteiger charge is -2.41. The number of halogens is 1. The third-order valence-electron chi connectivity index (χ3n) is 7.27. The van der Waals surface area contributed by atoms with Crippen molar-refractivity contribution in [2.24, 2.45) is 0 Å². The molecule has 1 aromatic heterocycles. The second-order valence-electron chi connectivity index (χ2n) is 9.28. The molecule has 0 saturated carbocycles. The van der Waals surface area contributed by atoms with Crippen molar-refractivity contribution in [2.45, 2.75) is 77.7 Å². The van der Waals surface area contributed by atoms with Gasteiger partial charge in [-0.3, -0.25) is 0 Å². The predicted molar refractivity (Wildman–Crippen MR) is 128 cm³/mol. The summed E-state index contributed by atoms with van der Waals surface area (Å²) >= 11 is 0. The third-order valence-corrected chi connectivity index (χ3v) is 7.27. The van der Waals surface area contributed by atoms with Gasteiger partial charge in [-0.05, 0) is 56.0 Å². The highest BCUT2D eigenvalue weighted by molar-refractivity contribution is 5.75. The molecule has 1 aliphatic heterocycles. The molecule has 2 heteroatoms. The van der Waals surface area contributed by atoms with E-state index >= 15 is 4.39 Å². The Morgan fingerprint density at radius 1 is 0.903 bits per heavy atom. The van der Waals surface area contributed by atoms with Gasteiger partial charge in [0.15, 0.2) is 12.2 Å². The van der Waals surface area contributed by atoms with E-state index in [0.717, 1.165) is 24.8 Å². The van der Waals surface area contributed by atoms with Crippen LogP contribution < -0.4 is 4.57 Å². The van der Waals surface area contributed by atoms with E-state index in [1.54, 1.807) is 0 Å². The molecule has 0 N–H and O–H groups in total. The largest absolute Gasteiger partial charge is 0.213 e. The topological polar surface area (TPSA) is 3.88 Å². The van der Waals surface area contributed by atoms with E-state index in [0.29, 0.717) is 11.6 Å². The van der Waals surface area contributed by atoms with Crippen molar-refractivity contribution in [3.8, 4) is 22.4 Å². The summed E-state index contributed by atoms with van der Waals surface area (Å²) < 4.78 is 18.1. The number of rotatable bonds is 7. The van der Waals surface area contributed by atoms with E-state index in [1.165, 1.54) is 41.6 Å². The fourth-order valence-electron chi connectivity index (χ4n) is 5.65. The zero-order valence-corrected chi connectivity index (χ0v) is 19.4. The van der Waals surface area contributed by atoms with Gasteiger partial charge in [0.2, 0.25) is 5.69 Å². The molecule has 0 saturated heterocycles. The lowest BCUT2D eigenvalue weighted by Crippen LogP contribution is -2.54. The lowest BCUT2D eigenvalue weighted by atomic mass is 9.64. The number of hydrogen-bond donors (Lipinski definition) is 0. The first-order valence-electron chi connectivity index (χ1n) is 11.9. The van der Waals surface area contributed by atoms with Gasteiger partial charge in [0, 0.05) is 17.2 Å². The van der Waals surface area contributed by atoms with Gasteiger partial charge in [-0.25, -0.2) is 4.39 Å². The molecule has 3 aromatic rings. The van der Waals surface area contributed by atoms with Crippen molar-refractivity contribution < 1.29 is 8.96 Å². The number of fused-ring (bicyclic) bond motifs is 3. The maximum atomic E-state index is 15.6. The molecule has 162 valence electrons. The van der Waals surface area contributed by atoms with E-state index in [2.05, 4.69) is 56.7 Å². The van der Waals surface area contributed by atoms with Gasteiger partial charge in [-0.1, -0.05) is 69.9 Å². The normalized spacial score (nSPS) is 19.7. The monoisotopic (exact) mass is 416 g/mol. The van der Waals surface area contributed by atoms with Crippen LogP contribution in [0, 0.1) is 12.7 Å². The van der Waals surface area contributed by atoms with Crippen LogP contribution in [-0.4, -0.2) is 0 Å². The minimum absolute atomic E-state index is 0.0409. The summed E-state index contributed by atoms with van der Waals surface area (Å²) in [5, 5.41) is 0. The van der Waals surface area contributed by atoms with E-state index in [4.69, 9.17) is 0 Å². The Hall–Kier alpha value is -2.48. The first-order chi connectivity index (χ1) is 15.0. The Balaban J connectivity index is 1.98. The number of aryl methyl sites for hydroxylation is 1. The quantitative estimate of drug-likeness (QED) is 0.272. The Morgan fingerprint density at radius 2 is 1.68 bits per heavy atom. The number of pyridine rings is 1. The van der Waals surface area contributed by atoms with Crippen molar-refractivity contribution >= 4 is 0 Å². The molecular weight excluding hydrogens is 381 g/mol. The van der Waals surface area contributed by atoms with Gasteiger partial charge >= 0.3 is 0 Å². The number of hydrogen-bond acceptors (Lipinski definition) is 0. The number of benzene rings is 2. The van der Waals surface area contributed by atoms with Gasteiger partial charge in [-0.2, -0.15) is 4.57 Å². The second-order valence-corrected chi connectivity index (χ2v) is 9.28. The zero-order valence-electron chi connectivity index (χ0n) is 19.4. The predicted octanol–water partition coefficient (Wildman–Crippen LogP) is 7.95. The Kier molecular flexibility index (Phi) is 6.27. The average molecular weight is 417 g/mol. The van der Waals surface area contributed by atoms with Crippen LogP contribution in [0.4, 0.5) is 4.39 Å². The maximum absolute atomic E-state index is 15.6. The summed E-state index contributed by atoms with van der Waals surface area (Å²) in [7, 11) is 0. The molecule has 2 heterocycles. The van der Waals surface area contributed by atoms with Gasteiger partial charge in [0.1, 0.15) is 5.82 Å². The van der Waals surface area contributed by atoms with E-state index in [-0.39, 0.29) is 11.2 Å². The first-order valence-corrected chi connectivity index (χ1v) is 11.9. The lowest BCUT2D eigenvalue weighted by molar-refractivity contribution is -0.721. The summed E-state index contributed by atoms with van der Waals surface area (Å²) in [6, 6.07) is 18.6. The van der Waals surface area contributed by atoms with Crippen molar-refractivity contribution in [1.82, 2.24) is 0 Å². The molecule has 4 rings (SSSR count). The Labute approximate surface area is 187 Å². The van der Waals surface area contributed by atoms with Crippen molar-refractivity contribution in [3.05, 3.63) is 77.7 Å². The fourth-order valence-corrected chi connectivity index (χ4v) is 5.65. The SMILES string of the molecule is CCCCCC1(CCC)c2cc(F)c(-c3ccccc3)cc2-c2ccc(C)c[n+]2C1C. The highest BCUT2D eigenvalue weighted by Crippen LogP contribution is 2.50. The van der Waals surface area contributed by atoms with Crippen LogP contribution >= 0.6 is 0 Å². The molecule has 0 bridgehead atoms. The molecule has 31 heavy (non-hydrogen) atoms. The number of aromatic nitrogens is 1. The summed E-state index contributed by atoms with van der Waals surface area (Å²) in [6.07, 6.45) is 9.18. The van der Waals surface area contributed by atoms with Gasteiger partial charge in [-0.15, -0.1) is 0 Å². The van der Waals surface area contributed by atoms with Crippen molar-refractivity contribution in [1.29, 1.82) is 0 Å². The van der Waals surface area contributed by atoms with Crippen LogP contribution in [0.25, 0.3) is 22.4 Å². The van der Waals surface area contributed by atoms with Crippen molar-refractivity contribution in [3.63, 3.8) is 0 Å². The second kappa shape index (κ2) is 8.94. The van der Waals surface area contributed by atoms with E-state index < -0.39 is 0 Å². The van der Waals surface area contributed by atoms with Crippen LogP contribution in [-0.2, 0) is 5.41 Å². The molecule has 0 spiro atoms. The van der Waals surface area contributed by atoms with E-state index in [9.17, 15) is 0 Å². The molecule has 1 aliphatic rings. The minimum Gasteiger partial charge on any atom is -0.206 e. The standard InChI is InChI=1S/C29H35FN/c1-5-7-11-17-29(16-6-2)22(4)31-20-21(3)14-15-28(31)25-18-24(27(30)19-26(25)29)23-12-9-8-10-13-23/h8-10,12-15,18-20,22H,5-7,11,16-17H2,1-4H3/q+1. The van der Waals surface area contributed by atoms with Crippen LogP contribution in [0.1, 0.15) is 76.5 Å². The Morgan fingerprint density at radius 3 is 2.39 bits per heavy atom. The molecule has 2 atom stereocenters. The fraction of sp³-hybridized carbons (Fsp3) is 0.414. The van der Waals surface area contributed by atoms with Crippen LogP contribution in [0.5, 0.6) is 0 Å². The summed E-state index contributed by atoms with van der Waals surface area (Å²) in [5.41, 5.74) is 6.46. The average Bonchev–Trinajstić information content (AvgIpc) is 2.78. The minimum atomic E-state index is -0.103. The first kappa shape index (κ1) is 21.7. The molecule has 0 aliphatic carbocycles. The highest BCUT2D eigenvalue weighted by Gasteiger charge is 2.49. The summed E-state index contributed by atoms with van der Waals surface area (Å²) in [6.45, 7) is 9.02. The molecule has 2 unspecified atom stereocenters. The smallest absolute Gasteiger partial charge is 0.206 e. The summed E-state index contributed by atoms with van der Waals surface area (Å²) in [5.74, 6) is -0.103. The molecule has 2 aromatic carbocycles. The molecule has 0 radical (unpaired) electrons. The molecule has 0 fully saturated rings.